The Kier molecular flexibility index (Phi) is 8.10. The molecule has 32 heavy (non-hydrogen) atoms. The molecule has 0 bridgehead atoms. The monoisotopic (exact) mass is 460 g/mol. The number of hydrogen-bond donors (Lipinski definition) is 0. The van der Waals surface area contributed by atoms with Gasteiger partial charge in [-0.1, -0.05) is 6.07 Å². The first-order valence-corrected chi connectivity index (χ1v) is 11.2. The number of nitrogens with zero attached hydrogens (tertiary/aromatic N) is 2. The van der Waals surface area contributed by atoms with E-state index in [1.54, 1.807) is 25.2 Å². The van der Waals surface area contributed by atoms with Crippen molar-refractivity contribution in [3.63, 3.8) is 0 Å². The molecule has 2 aromatic rings. The summed E-state index contributed by atoms with van der Waals surface area (Å²) in [5.74, 6) is 0.328. The zero-order chi connectivity index (χ0) is 23.1. The lowest BCUT2D eigenvalue weighted by Crippen LogP contribution is -2.45. The molecule has 0 aliphatic carbocycles. The van der Waals surface area contributed by atoms with E-state index < -0.39 is 5.97 Å². The Morgan fingerprint density at radius 3 is 2.25 bits per heavy atom. The van der Waals surface area contributed by atoms with E-state index in [0.717, 1.165) is 5.56 Å². The molecule has 0 spiro atoms. The van der Waals surface area contributed by atoms with Crippen LogP contribution in [0.1, 0.15) is 28.1 Å². The summed E-state index contributed by atoms with van der Waals surface area (Å²) in [5.41, 5.74) is 0.781. The van der Waals surface area contributed by atoms with Gasteiger partial charge in [-0.2, -0.15) is 0 Å². The van der Waals surface area contributed by atoms with Gasteiger partial charge < -0.3 is 24.0 Å². The van der Waals surface area contributed by atoms with Crippen LogP contribution in [0.15, 0.2) is 35.7 Å². The highest BCUT2D eigenvalue weighted by molar-refractivity contribution is 7.12. The standard InChI is InChI=1S/C23H28N2O6S/c1-29-18-11-16(12-19(13-18)30-2)14-25(15-21(26)31-3)22(27)17-6-8-24(9-7-17)23(28)20-5-4-10-32-20/h4-5,10-13,17H,6-9,14-15H2,1-3H3. The van der Waals surface area contributed by atoms with Crippen LogP contribution in [-0.2, 0) is 20.9 Å². The SMILES string of the molecule is COC(=O)CN(Cc1cc(OC)cc(OC)c1)C(=O)C1CCN(C(=O)c2cccs2)CC1. The van der Waals surface area contributed by atoms with Crippen molar-refractivity contribution in [2.24, 2.45) is 5.92 Å². The molecule has 9 heteroatoms. The smallest absolute Gasteiger partial charge is 0.325 e. The number of methoxy groups -OCH3 is 3. The molecule has 0 unspecified atom stereocenters. The molecular weight excluding hydrogens is 432 g/mol. The molecule has 8 nitrogen and oxygen atoms in total. The fourth-order valence-electron chi connectivity index (χ4n) is 3.75. The van der Waals surface area contributed by atoms with Gasteiger partial charge in [0.2, 0.25) is 5.91 Å². The average molecular weight is 461 g/mol. The fourth-order valence-corrected chi connectivity index (χ4v) is 4.44. The highest BCUT2D eigenvalue weighted by Gasteiger charge is 2.32. The lowest BCUT2D eigenvalue weighted by Gasteiger charge is -2.34. The molecule has 2 amide bonds. The van der Waals surface area contributed by atoms with E-state index in [2.05, 4.69) is 0 Å². The number of piperidine rings is 1. The predicted molar refractivity (Wildman–Crippen MR) is 120 cm³/mol. The minimum absolute atomic E-state index is 0.000733. The third-order valence-corrected chi connectivity index (χ3v) is 6.37. The number of rotatable bonds is 8. The van der Waals surface area contributed by atoms with Crippen LogP contribution in [0, 0.1) is 5.92 Å². The highest BCUT2D eigenvalue weighted by Crippen LogP contribution is 2.26. The van der Waals surface area contributed by atoms with Gasteiger partial charge in [0.1, 0.15) is 18.0 Å². The zero-order valence-electron chi connectivity index (χ0n) is 18.5. The summed E-state index contributed by atoms with van der Waals surface area (Å²) in [6, 6.07) is 9.03. The fraction of sp³-hybridized carbons (Fsp3) is 0.435. The van der Waals surface area contributed by atoms with E-state index in [1.807, 2.05) is 29.6 Å². The second-order valence-corrected chi connectivity index (χ2v) is 8.48. The number of carbonyl (C=O) groups excluding carboxylic acids is 3. The predicted octanol–water partition coefficient (Wildman–Crippen LogP) is 2.82. The van der Waals surface area contributed by atoms with Crippen molar-refractivity contribution < 1.29 is 28.6 Å². The van der Waals surface area contributed by atoms with Gasteiger partial charge in [-0.3, -0.25) is 14.4 Å². The van der Waals surface area contributed by atoms with Crippen LogP contribution >= 0.6 is 11.3 Å². The molecule has 1 aliphatic heterocycles. The van der Waals surface area contributed by atoms with Crippen molar-refractivity contribution in [2.75, 3.05) is 41.0 Å². The average Bonchev–Trinajstić information content (AvgIpc) is 3.37. The van der Waals surface area contributed by atoms with Gasteiger partial charge in [0.05, 0.1) is 26.2 Å². The number of carbonyl (C=O) groups is 3. The number of esters is 1. The van der Waals surface area contributed by atoms with Crippen molar-refractivity contribution >= 4 is 29.1 Å². The molecule has 0 atom stereocenters. The molecule has 3 rings (SSSR count). The molecule has 1 aromatic heterocycles. The first-order chi connectivity index (χ1) is 15.4. The van der Waals surface area contributed by atoms with Gasteiger partial charge in [-0.25, -0.2) is 0 Å². The molecule has 2 heterocycles. The van der Waals surface area contributed by atoms with Gasteiger partial charge in [0.15, 0.2) is 0 Å². The second kappa shape index (κ2) is 11.0. The second-order valence-electron chi connectivity index (χ2n) is 7.54. The van der Waals surface area contributed by atoms with Gasteiger partial charge in [-0.15, -0.1) is 11.3 Å². The normalized spacial score (nSPS) is 14.0. The first-order valence-electron chi connectivity index (χ1n) is 10.4. The third kappa shape index (κ3) is 5.79. The molecular formula is C23H28N2O6S. The van der Waals surface area contributed by atoms with Crippen LogP contribution in [0.5, 0.6) is 11.5 Å². The maximum atomic E-state index is 13.3. The number of amides is 2. The summed E-state index contributed by atoms with van der Waals surface area (Å²) >= 11 is 1.41. The van der Waals surface area contributed by atoms with Crippen molar-refractivity contribution in [3.05, 3.63) is 46.2 Å². The highest BCUT2D eigenvalue weighted by atomic mass is 32.1. The van der Waals surface area contributed by atoms with Gasteiger partial charge in [-0.05, 0) is 42.0 Å². The van der Waals surface area contributed by atoms with E-state index in [9.17, 15) is 14.4 Å². The minimum atomic E-state index is -0.487. The molecule has 172 valence electrons. The molecule has 1 aromatic carbocycles. The number of ether oxygens (including phenoxy) is 3. The van der Waals surface area contributed by atoms with Crippen LogP contribution in [0.3, 0.4) is 0 Å². The van der Waals surface area contributed by atoms with E-state index >= 15 is 0 Å². The van der Waals surface area contributed by atoms with E-state index in [-0.39, 0.29) is 30.8 Å². The van der Waals surface area contributed by atoms with Crippen LogP contribution in [0.25, 0.3) is 0 Å². The minimum Gasteiger partial charge on any atom is -0.497 e. The van der Waals surface area contributed by atoms with Crippen LogP contribution in [0.4, 0.5) is 0 Å². The zero-order valence-corrected chi connectivity index (χ0v) is 19.4. The summed E-state index contributed by atoms with van der Waals surface area (Å²) in [6.07, 6.45) is 1.10. The Balaban J connectivity index is 1.70. The Labute approximate surface area is 191 Å². The van der Waals surface area contributed by atoms with Crippen molar-refractivity contribution in [1.29, 1.82) is 0 Å². The summed E-state index contributed by atoms with van der Waals surface area (Å²) in [4.78, 5) is 41.9. The maximum absolute atomic E-state index is 13.3. The van der Waals surface area contributed by atoms with Crippen LogP contribution in [-0.4, -0.2) is 68.5 Å². The van der Waals surface area contributed by atoms with Crippen LogP contribution in [0.2, 0.25) is 0 Å². The molecule has 1 saturated heterocycles. The van der Waals surface area contributed by atoms with Gasteiger partial charge in [0, 0.05) is 31.6 Å². The lowest BCUT2D eigenvalue weighted by molar-refractivity contribution is -0.149. The topological polar surface area (TPSA) is 85.4 Å². The first kappa shape index (κ1) is 23.6. The summed E-state index contributed by atoms with van der Waals surface area (Å²) < 4.78 is 15.4. The van der Waals surface area contributed by atoms with Crippen molar-refractivity contribution in [1.82, 2.24) is 9.80 Å². The van der Waals surface area contributed by atoms with Crippen LogP contribution < -0.4 is 9.47 Å². The number of benzene rings is 1. The molecule has 0 saturated carbocycles. The summed E-state index contributed by atoms with van der Waals surface area (Å²) in [6.45, 7) is 1.08. The number of likely N-dealkylation sites (tertiary alicyclic amines) is 1. The molecule has 0 radical (unpaired) electrons. The Morgan fingerprint density at radius 2 is 1.72 bits per heavy atom. The number of thiophene rings is 1. The van der Waals surface area contributed by atoms with E-state index in [4.69, 9.17) is 14.2 Å². The largest absolute Gasteiger partial charge is 0.497 e. The Hall–Kier alpha value is -3.07. The Bertz CT molecular complexity index is 916. The molecule has 0 N–H and O–H groups in total. The van der Waals surface area contributed by atoms with Gasteiger partial charge in [0.25, 0.3) is 5.91 Å². The van der Waals surface area contributed by atoms with Crippen molar-refractivity contribution in [2.45, 2.75) is 19.4 Å². The third-order valence-electron chi connectivity index (χ3n) is 5.51. The van der Waals surface area contributed by atoms with E-state index in [0.29, 0.717) is 42.3 Å². The lowest BCUT2D eigenvalue weighted by atomic mass is 9.94. The number of hydrogen-bond acceptors (Lipinski definition) is 7. The van der Waals surface area contributed by atoms with E-state index in [1.165, 1.54) is 23.3 Å². The summed E-state index contributed by atoms with van der Waals surface area (Å²) in [7, 11) is 4.41. The molecule has 1 fully saturated rings. The van der Waals surface area contributed by atoms with Crippen molar-refractivity contribution in [3.8, 4) is 11.5 Å². The maximum Gasteiger partial charge on any atom is 0.325 e. The summed E-state index contributed by atoms with van der Waals surface area (Å²) in [5, 5.41) is 1.88. The van der Waals surface area contributed by atoms with Gasteiger partial charge >= 0.3 is 5.97 Å². The Morgan fingerprint density at radius 1 is 1.06 bits per heavy atom. The molecule has 1 aliphatic rings. The quantitative estimate of drug-likeness (QED) is 0.563.